The minimum atomic E-state index is 0.188. The first-order valence-corrected chi connectivity index (χ1v) is 9.06. The Bertz CT molecular complexity index is 642. The van der Waals surface area contributed by atoms with E-state index in [4.69, 9.17) is 11.6 Å². The first-order chi connectivity index (χ1) is 9.97. The molecule has 0 fully saturated rings. The lowest BCUT2D eigenvalue weighted by Crippen LogP contribution is -2.21. The van der Waals surface area contributed by atoms with E-state index in [-0.39, 0.29) is 6.04 Å². The molecular weight excluding hydrogens is 464 g/mol. The molecule has 0 spiro atoms. The van der Waals surface area contributed by atoms with E-state index in [1.807, 2.05) is 18.7 Å². The van der Waals surface area contributed by atoms with Crippen molar-refractivity contribution in [2.75, 3.05) is 7.05 Å². The Morgan fingerprint density at radius 2 is 2.19 bits per heavy atom. The molecule has 1 heterocycles. The van der Waals surface area contributed by atoms with Gasteiger partial charge in [0, 0.05) is 27.1 Å². The van der Waals surface area contributed by atoms with Gasteiger partial charge in [-0.15, -0.1) is 0 Å². The summed E-state index contributed by atoms with van der Waals surface area (Å²) in [6.07, 6.45) is 0.808. The van der Waals surface area contributed by atoms with E-state index in [0.717, 1.165) is 33.8 Å². The zero-order valence-electron chi connectivity index (χ0n) is 12.3. The fourth-order valence-electron chi connectivity index (χ4n) is 2.41. The topological polar surface area (TPSA) is 29.9 Å². The van der Waals surface area contributed by atoms with Gasteiger partial charge in [0.25, 0.3) is 0 Å². The van der Waals surface area contributed by atoms with Gasteiger partial charge in [0.2, 0.25) is 0 Å². The van der Waals surface area contributed by atoms with Gasteiger partial charge >= 0.3 is 0 Å². The third-order valence-corrected chi connectivity index (χ3v) is 5.42. The summed E-state index contributed by atoms with van der Waals surface area (Å²) in [6, 6.07) is 6.56. The minimum absolute atomic E-state index is 0.188. The van der Waals surface area contributed by atoms with Crippen LogP contribution in [0.2, 0.25) is 5.02 Å². The fourth-order valence-corrected chi connectivity index (χ4v) is 3.66. The molecular formula is C15H18BrClIN3. The molecule has 1 aromatic carbocycles. The summed E-state index contributed by atoms with van der Waals surface area (Å²) >= 11 is 12.4. The van der Waals surface area contributed by atoms with E-state index < -0.39 is 0 Å². The number of hydrogen-bond donors (Lipinski definition) is 1. The number of rotatable bonds is 5. The molecule has 0 radical (unpaired) electrons. The Morgan fingerprint density at radius 1 is 1.48 bits per heavy atom. The molecule has 0 saturated heterocycles. The summed E-state index contributed by atoms with van der Waals surface area (Å²) in [4.78, 5) is 0. The lowest BCUT2D eigenvalue weighted by Gasteiger charge is -2.19. The molecule has 3 nitrogen and oxygen atoms in total. The van der Waals surface area contributed by atoms with Crippen molar-refractivity contribution in [2.24, 2.45) is 0 Å². The average molecular weight is 483 g/mol. The lowest BCUT2D eigenvalue weighted by molar-refractivity contribution is 0.539. The van der Waals surface area contributed by atoms with E-state index in [9.17, 15) is 0 Å². The molecule has 1 unspecified atom stereocenters. The van der Waals surface area contributed by atoms with Gasteiger partial charge in [-0.25, -0.2) is 0 Å². The minimum Gasteiger partial charge on any atom is -0.313 e. The van der Waals surface area contributed by atoms with Crippen LogP contribution in [-0.4, -0.2) is 16.8 Å². The number of likely N-dealkylation sites (N-methyl/N-ethyl adjacent to an activating group) is 1. The average Bonchev–Trinajstić information content (AvgIpc) is 2.74. The van der Waals surface area contributed by atoms with Gasteiger partial charge < -0.3 is 5.32 Å². The number of aromatic nitrogens is 2. The smallest absolute Gasteiger partial charge is 0.0847 e. The molecule has 6 heteroatoms. The summed E-state index contributed by atoms with van der Waals surface area (Å²) in [6.45, 7) is 4.86. The van der Waals surface area contributed by atoms with Gasteiger partial charge in [-0.05, 0) is 67.2 Å². The molecule has 0 amide bonds. The second-order valence-corrected chi connectivity index (χ2v) is 7.35. The van der Waals surface area contributed by atoms with Crippen molar-refractivity contribution >= 4 is 50.1 Å². The zero-order valence-corrected chi connectivity index (χ0v) is 16.8. The van der Waals surface area contributed by atoms with Crippen LogP contribution in [0.4, 0.5) is 0 Å². The van der Waals surface area contributed by atoms with Crippen LogP contribution in [0, 0.1) is 10.5 Å². The van der Waals surface area contributed by atoms with E-state index in [0.29, 0.717) is 0 Å². The van der Waals surface area contributed by atoms with Crippen molar-refractivity contribution in [3.8, 4) is 0 Å². The predicted octanol–water partition coefficient (Wildman–Crippen LogP) is 4.74. The molecule has 0 aliphatic rings. The van der Waals surface area contributed by atoms with Crippen LogP contribution in [0.25, 0.3) is 0 Å². The van der Waals surface area contributed by atoms with Gasteiger partial charge in [-0.2, -0.15) is 5.10 Å². The molecule has 0 aliphatic heterocycles. The first-order valence-electron chi connectivity index (χ1n) is 6.81. The Labute approximate surface area is 152 Å². The largest absolute Gasteiger partial charge is 0.313 e. The van der Waals surface area contributed by atoms with E-state index in [2.05, 4.69) is 74.1 Å². The zero-order chi connectivity index (χ0) is 15.6. The van der Waals surface area contributed by atoms with Crippen molar-refractivity contribution in [2.45, 2.75) is 32.9 Å². The summed E-state index contributed by atoms with van der Waals surface area (Å²) in [5.41, 5.74) is 3.22. The SMILES string of the molecule is CCn1nc(C)c(Cl)c1CC(NC)c1cc(I)ccc1Br. The van der Waals surface area contributed by atoms with Crippen LogP contribution in [0.3, 0.4) is 0 Å². The van der Waals surface area contributed by atoms with Crippen LogP contribution < -0.4 is 5.32 Å². The first kappa shape index (κ1) is 17.2. The molecule has 0 bridgehead atoms. The van der Waals surface area contributed by atoms with E-state index in [1.165, 1.54) is 9.13 Å². The fraction of sp³-hybridized carbons (Fsp3) is 0.400. The Morgan fingerprint density at radius 3 is 2.81 bits per heavy atom. The van der Waals surface area contributed by atoms with E-state index in [1.54, 1.807) is 0 Å². The van der Waals surface area contributed by atoms with Crippen molar-refractivity contribution in [1.82, 2.24) is 15.1 Å². The molecule has 21 heavy (non-hydrogen) atoms. The van der Waals surface area contributed by atoms with Crippen molar-refractivity contribution in [3.05, 3.63) is 48.2 Å². The molecule has 2 rings (SSSR count). The van der Waals surface area contributed by atoms with Crippen molar-refractivity contribution in [3.63, 3.8) is 0 Å². The normalized spacial score (nSPS) is 12.7. The highest BCUT2D eigenvalue weighted by Crippen LogP contribution is 2.30. The highest BCUT2D eigenvalue weighted by molar-refractivity contribution is 14.1. The maximum atomic E-state index is 6.43. The lowest BCUT2D eigenvalue weighted by atomic mass is 10.0. The summed E-state index contributed by atoms with van der Waals surface area (Å²) < 4.78 is 4.32. The number of hydrogen-bond acceptors (Lipinski definition) is 2. The Balaban J connectivity index is 2.38. The molecule has 0 aliphatic carbocycles. The van der Waals surface area contributed by atoms with Gasteiger partial charge in [0.05, 0.1) is 16.4 Å². The van der Waals surface area contributed by atoms with Crippen molar-refractivity contribution < 1.29 is 0 Å². The number of benzene rings is 1. The number of nitrogens with zero attached hydrogens (tertiary/aromatic N) is 2. The number of halogens is 3. The standard InChI is InChI=1S/C15H18BrClIN3/c1-4-21-14(15(17)9(2)20-21)8-13(19-3)11-7-10(18)5-6-12(11)16/h5-7,13,19H,4,8H2,1-3H3. The van der Waals surface area contributed by atoms with Crippen molar-refractivity contribution in [1.29, 1.82) is 0 Å². The van der Waals surface area contributed by atoms with Crippen LogP contribution in [0.15, 0.2) is 22.7 Å². The van der Waals surface area contributed by atoms with Crippen LogP contribution in [-0.2, 0) is 13.0 Å². The molecule has 1 atom stereocenters. The second kappa shape index (κ2) is 7.44. The third kappa shape index (κ3) is 3.81. The number of nitrogens with one attached hydrogen (secondary N) is 1. The quantitative estimate of drug-likeness (QED) is 0.625. The molecule has 114 valence electrons. The van der Waals surface area contributed by atoms with E-state index >= 15 is 0 Å². The summed E-state index contributed by atoms with van der Waals surface area (Å²) in [5.74, 6) is 0. The highest BCUT2D eigenvalue weighted by Gasteiger charge is 2.20. The molecule has 1 aromatic heterocycles. The summed E-state index contributed by atoms with van der Waals surface area (Å²) in [5, 5.41) is 8.66. The summed E-state index contributed by atoms with van der Waals surface area (Å²) in [7, 11) is 1.98. The third-order valence-electron chi connectivity index (χ3n) is 3.53. The molecule has 2 aromatic rings. The second-order valence-electron chi connectivity index (χ2n) is 4.87. The predicted molar refractivity (Wildman–Crippen MR) is 100 cm³/mol. The van der Waals surface area contributed by atoms with Crippen LogP contribution in [0.5, 0.6) is 0 Å². The Hall–Kier alpha value is -0.110. The molecule has 0 saturated carbocycles. The number of aryl methyl sites for hydroxylation is 2. The van der Waals surface area contributed by atoms with Gasteiger partial charge in [-0.1, -0.05) is 27.5 Å². The van der Waals surface area contributed by atoms with Crippen LogP contribution in [0.1, 0.15) is 29.9 Å². The Kier molecular flexibility index (Phi) is 6.11. The molecule has 1 N–H and O–H groups in total. The highest BCUT2D eigenvalue weighted by atomic mass is 127. The maximum Gasteiger partial charge on any atom is 0.0847 e. The van der Waals surface area contributed by atoms with Crippen LogP contribution >= 0.6 is 50.1 Å². The monoisotopic (exact) mass is 481 g/mol. The maximum absolute atomic E-state index is 6.43. The van der Waals surface area contributed by atoms with Gasteiger partial charge in [0.15, 0.2) is 0 Å². The van der Waals surface area contributed by atoms with Gasteiger partial charge in [-0.3, -0.25) is 4.68 Å². The van der Waals surface area contributed by atoms with Gasteiger partial charge in [0.1, 0.15) is 0 Å².